The molecule has 0 atom stereocenters. The minimum atomic E-state index is -0.668. The molecule has 0 saturated heterocycles. The molecule has 0 saturated carbocycles. The molecule has 2 aromatic carbocycles. The normalized spacial score (nSPS) is 10.5. The Balaban J connectivity index is 1.85. The van der Waals surface area contributed by atoms with Crippen LogP contribution >= 0.6 is 0 Å². The van der Waals surface area contributed by atoms with E-state index in [1.54, 1.807) is 31.4 Å². The number of anilines is 1. The van der Waals surface area contributed by atoms with Gasteiger partial charge in [-0.2, -0.15) is 0 Å². The van der Waals surface area contributed by atoms with Gasteiger partial charge < -0.3 is 10.1 Å². The second-order valence-corrected chi connectivity index (χ2v) is 5.30. The lowest BCUT2D eigenvalue weighted by Gasteiger charge is -2.09. The Kier molecular flexibility index (Phi) is 4.74. The monoisotopic (exact) mass is 343 g/mol. The van der Waals surface area contributed by atoms with E-state index in [1.807, 2.05) is 0 Å². The molecule has 1 aromatic heterocycles. The van der Waals surface area contributed by atoms with Crippen LogP contribution < -0.4 is 15.6 Å². The van der Waals surface area contributed by atoms with Gasteiger partial charge in [-0.15, -0.1) is 0 Å². The molecule has 0 aliphatic rings. The molecule has 0 spiro atoms. The summed E-state index contributed by atoms with van der Waals surface area (Å²) in [5.41, 5.74) is 1.07. The maximum atomic E-state index is 13.7. The van der Waals surface area contributed by atoms with Crippen LogP contribution in [0.4, 0.5) is 14.7 Å². The maximum Gasteiger partial charge on any atom is 0.252 e. The lowest BCUT2D eigenvalue weighted by atomic mass is 10.1. The molecule has 25 heavy (non-hydrogen) atoms. The number of aromatic nitrogens is 2. The van der Waals surface area contributed by atoms with Crippen molar-refractivity contribution in [2.24, 2.45) is 0 Å². The van der Waals surface area contributed by atoms with Crippen LogP contribution in [-0.4, -0.2) is 17.1 Å². The number of halogens is 2. The first-order valence-electron chi connectivity index (χ1n) is 7.49. The molecule has 0 radical (unpaired) electrons. The highest BCUT2D eigenvalue weighted by Crippen LogP contribution is 2.22. The summed E-state index contributed by atoms with van der Waals surface area (Å²) < 4.78 is 31.8. The van der Waals surface area contributed by atoms with Crippen LogP contribution in [0.25, 0.3) is 11.3 Å². The number of aromatic amines is 1. The van der Waals surface area contributed by atoms with Crippen LogP contribution in [-0.2, 0) is 6.54 Å². The first kappa shape index (κ1) is 16.6. The third-order valence-corrected chi connectivity index (χ3v) is 3.57. The zero-order valence-electron chi connectivity index (χ0n) is 13.3. The number of benzene rings is 2. The lowest BCUT2D eigenvalue weighted by Crippen LogP contribution is -2.13. The van der Waals surface area contributed by atoms with E-state index >= 15 is 0 Å². The molecule has 1 heterocycles. The summed E-state index contributed by atoms with van der Waals surface area (Å²) in [5, 5.41) is 2.84. The predicted molar refractivity (Wildman–Crippen MR) is 90.5 cm³/mol. The molecule has 0 aliphatic heterocycles. The van der Waals surface area contributed by atoms with Crippen LogP contribution in [0, 0.1) is 11.6 Å². The summed E-state index contributed by atoms with van der Waals surface area (Å²) in [4.78, 5) is 18.7. The second-order valence-electron chi connectivity index (χ2n) is 5.30. The number of nitrogens with one attached hydrogen (secondary N) is 2. The van der Waals surface area contributed by atoms with E-state index in [1.165, 1.54) is 18.2 Å². The van der Waals surface area contributed by atoms with E-state index in [0.717, 1.165) is 6.07 Å². The Bertz CT molecular complexity index is 957. The standard InChI is InChI=1S/C18H15F2N3O2/c1-25-14-4-2-3-11(7-14)16-9-17(24)23-18(22-16)21-10-12-5-6-13(19)8-15(12)20/h2-9H,10H2,1H3,(H2,21,22,23,24). The van der Waals surface area contributed by atoms with Gasteiger partial charge in [-0.25, -0.2) is 13.8 Å². The molecular weight excluding hydrogens is 328 g/mol. The summed E-state index contributed by atoms with van der Waals surface area (Å²) >= 11 is 0. The highest BCUT2D eigenvalue weighted by molar-refractivity contribution is 5.61. The number of ether oxygens (including phenoxy) is 1. The van der Waals surface area contributed by atoms with Crippen LogP contribution in [0.2, 0.25) is 0 Å². The van der Waals surface area contributed by atoms with Gasteiger partial charge in [0.2, 0.25) is 5.95 Å². The molecule has 0 aliphatic carbocycles. The third-order valence-electron chi connectivity index (χ3n) is 3.57. The quantitative estimate of drug-likeness (QED) is 0.746. The van der Waals surface area contributed by atoms with Crippen molar-refractivity contribution in [2.75, 3.05) is 12.4 Å². The van der Waals surface area contributed by atoms with Crippen molar-refractivity contribution in [1.29, 1.82) is 0 Å². The summed E-state index contributed by atoms with van der Waals surface area (Å²) in [7, 11) is 1.55. The molecule has 0 fully saturated rings. The van der Waals surface area contributed by atoms with Crippen molar-refractivity contribution in [3.63, 3.8) is 0 Å². The molecule has 5 nitrogen and oxygen atoms in total. The molecule has 3 aromatic rings. The second kappa shape index (κ2) is 7.12. The molecule has 0 unspecified atom stereocenters. The van der Waals surface area contributed by atoms with E-state index in [-0.39, 0.29) is 23.6 Å². The number of hydrogen-bond donors (Lipinski definition) is 2. The van der Waals surface area contributed by atoms with Gasteiger partial charge in [0.15, 0.2) is 0 Å². The summed E-state index contributed by atoms with van der Waals surface area (Å²) in [6, 6.07) is 11.8. The minimum absolute atomic E-state index is 0.0522. The van der Waals surface area contributed by atoms with Gasteiger partial charge in [0.25, 0.3) is 5.56 Å². The number of H-pyrrole nitrogens is 1. The molecular formula is C18H15F2N3O2. The minimum Gasteiger partial charge on any atom is -0.497 e. The number of rotatable bonds is 5. The van der Waals surface area contributed by atoms with Gasteiger partial charge in [-0.1, -0.05) is 18.2 Å². The topological polar surface area (TPSA) is 67.0 Å². The van der Waals surface area contributed by atoms with Crippen molar-refractivity contribution >= 4 is 5.95 Å². The van der Waals surface area contributed by atoms with E-state index in [9.17, 15) is 13.6 Å². The third kappa shape index (κ3) is 4.00. The van der Waals surface area contributed by atoms with Gasteiger partial charge >= 0.3 is 0 Å². The first-order chi connectivity index (χ1) is 12.0. The van der Waals surface area contributed by atoms with E-state index in [4.69, 9.17) is 4.74 Å². The Morgan fingerprint density at radius 3 is 2.76 bits per heavy atom. The summed E-state index contributed by atoms with van der Waals surface area (Å²) in [5.74, 6) is -0.483. The maximum absolute atomic E-state index is 13.7. The largest absolute Gasteiger partial charge is 0.497 e. The van der Waals surface area contributed by atoms with Crippen molar-refractivity contribution in [2.45, 2.75) is 6.54 Å². The summed E-state index contributed by atoms with van der Waals surface area (Å²) in [6.07, 6.45) is 0. The van der Waals surface area contributed by atoms with Crippen molar-refractivity contribution in [3.05, 3.63) is 76.1 Å². The van der Waals surface area contributed by atoms with Gasteiger partial charge in [0.05, 0.1) is 12.8 Å². The Hall–Kier alpha value is -3.22. The Morgan fingerprint density at radius 1 is 1.16 bits per heavy atom. The van der Waals surface area contributed by atoms with Crippen LogP contribution in [0.1, 0.15) is 5.56 Å². The average Bonchev–Trinajstić information content (AvgIpc) is 2.60. The predicted octanol–water partition coefficient (Wildman–Crippen LogP) is 3.34. The van der Waals surface area contributed by atoms with Gasteiger partial charge in [-0.3, -0.25) is 9.78 Å². The highest BCUT2D eigenvalue weighted by Gasteiger charge is 2.07. The molecule has 128 valence electrons. The van der Waals surface area contributed by atoms with Crippen LogP contribution in [0.15, 0.2) is 53.3 Å². The fraction of sp³-hybridized carbons (Fsp3) is 0.111. The lowest BCUT2D eigenvalue weighted by molar-refractivity contribution is 0.415. The molecule has 7 heteroatoms. The van der Waals surface area contributed by atoms with Crippen molar-refractivity contribution < 1.29 is 13.5 Å². The zero-order valence-corrected chi connectivity index (χ0v) is 13.3. The highest BCUT2D eigenvalue weighted by atomic mass is 19.1. The van der Waals surface area contributed by atoms with Crippen molar-refractivity contribution in [1.82, 2.24) is 9.97 Å². The average molecular weight is 343 g/mol. The van der Waals surface area contributed by atoms with Crippen LogP contribution in [0.5, 0.6) is 5.75 Å². The fourth-order valence-electron chi connectivity index (χ4n) is 2.32. The van der Waals surface area contributed by atoms with E-state index in [2.05, 4.69) is 15.3 Å². The van der Waals surface area contributed by atoms with Crippen molar-refractivity contribution in [3.8, 4) is 17.0 Å². The molecule has 0 amide bonds. The summed E-state index contributed by atoms with van der Waals surface area (Å²) in [6.45, 7) is 0.0522. The Morgan fingerprint density at radius 2 is 2.00 bits per heavy atom. The molecule has 0 bridgehead atoms. The Labute approximate surface area is 142 Å². The van der Waals surface area contributed by atoms with Gasteiger partial charge in [0, 0.05) is 29.8 Å². The number of hydrogen-bond acceptors (Lipinski definition) is 4. The zero-order chi connectivity index (χ0) is 17.8. The van der Waals surface area contributed by atoms with E-state index in [0.29, 0.717) is 17.0 Å². The van der Waals surface area contributed by atoms with Crippen LogP contribution in [0.3, 0.4) is 0 Å². The number of nitrogens with zero attached hydrogens (tertiary/aromatic N) is 1. The first-order valence-corrected chi connectivity index (χ1v) is 7.49. The smallest absolute Gasteiger partial charge is 0.252 e. The molecule has 3 rings (SSSR count). The fourth-order valence-corrected chi connectivity index (χ4v) is 2.32. The van der Waals surface area contributed by atoms with E-state index < -0.39 is 11.6 Å². The van der Waals surface area contributed by atoms with Gasteiger partial charge in [-0.05, 0) is 18.2 Å². The number of methoxy groups -OCH3 is 1. The van der Waals surface area contributed by atoms with Gasteiger partial charge in [0.1, 0.15) is 17.4 Å². The molecule has 2 N–H and O–H groups in total. The SMILES string of the molecule is COc1cccc(-c2cc(=O)[nH]c(NCc3ccc(F)cc3F)n2)c1.